The van der Waals surface area contributed by atoms with Crippen LogP contribution in [0.1, 0.15) is 18.4 Å². The fourth-order valence-electron chi connectivity index (χ4n) is 2.03. The molecule has 4 nitrogen and oxygen atoms in total. The summed E-state index contributed by atoms with van der Waals surface area (Å²) in [6.07, 6.45) is 6.44. The zero-order valence-electron chi connectivity index (χ0n) is 13.7. The van der Waals surface area contributed by atoms with Crippen LogP contribution in [0.4, 0.5) is 0 Å². The number of hydrogen-bond donors (Lipinski definition) is 0. The van der Waals surface area contributed by atoms with Gasteiger partial charge in [0, 0.05) is 13.7 Å². The van der Waals surface area contributed by atoms with Crippen molar-refractivity contribution in [2.45, 2.75) is 24.7 Å². The van der Waals surface area contributed by atoms with Crippen LogP contribution in [0.5, 0.6) is 0 Å². The molecule has 0 heterocycles. The average molecular weight is 333 g/mol. The lowest BCUT2D eigenvalue weighted by Crippen LogP contribution is -2.31. The molecule has 23 heavy (non-hydrogen) atoms. The maximum atomic E-state index is 12.8. The smallest absolute Gasteiger partial charge is 0.244 e. The third-order valence-electron chi connectivity index (χ3n) is 3.59. The summed E-state index contributed by atoms with van der Waals surface area (Å²) in [6.45, 7) is 2.74. The Hall–Kier alpha value is -1.61. The molecular weight excluding hydrogens is 310 g/mol. The van der Waals surface area contributed by atoms with E-state index in [1.165, 1.54) is 17.1 Å². The molecule has 2 rings (SSSR count). The summed E-state index contributed by atoms with van der Waals surface area (Å²) in [5.74, 6) is 6.30. The van der Waals surface area contributed by atoms with E-state index >= 15 is 0 Å². The second-order valence-corrected chi connectivity index (χ2v) is 7.60. The van der Waals surface area contributed by atoms with Gasteiger partial charge < -0.3 is 4.74 Å². The van der Waals surface area contributed by atoms with E-state index in [2.05, 4.69) is 17.9 Å². The van der Waals surface area contributed by atoms with Gasteiger partial charge in [0.2, 0.25) is 10.0 Å². The van der Waals surface area contributed by atoms with Crippen LogP contribution in [0.2, 0.25) is 0 Å². The molecule has 1 aliphatic carbocycles. The minimum atomic E-state index is -3.54. The highest BCUT2D eigenvalue weighted by atomic mass is 32.2. The zero-order chi connectivity index (χ0) is 16.7. The molecule has 124 valence electrons. The molecule has 1 aromatic carbocycles. The number of sulfonamides is 1. The van der Waals surface area contributed by atoms with Crippen molar-refractivity contribution in [2.75, 3.05) is 26.8 Å². The molecule has 0 radical (unpaired) electrons. The molecular formula is C18H23NO3S. The van der Waals surface area contributed by atoms with Crippen molar-refractivity contribution in [1.82, 2.24) is 4.31 Å². The summed E-state index contributed by atoms with van der Waals surface area (Å²) < 4.78 is 31.9. The zero-order valence-corrected chi connectivity index (χ0v) is 14.5. The third-order valence-corrected chi connectivity index (χ3v) is 5.42. The normalized spacial score (nSPS) is 14.9. The van der Waals surface area contributed by atoms with E-state index in [-0.39, 0.29) is 6.54 Å². The van der Waals surface area contributed by atoms with Crippen molar-refractivity contribution in [3.8, 4) is 11.8 Å². The quantitative estimate of drug-likeness (QED) is 0.569. The van der Waals surface area contributed by atoms with E-state index in [9.17, 15) is 8.42 Å². The Labute approximate surface area is 139 Å². The molecule has 1 saturated carbocycles. The molecule has 0 amide bonds. The standard InChI is InChI=1S/C18H23NO3S/c1-16-7-11-18(12-8-16)23(20,21)19(13-3-4-15-22-2)14-5-6-17-9-10-17/h5-8,11-12,17H,9-10,13-15H2,1-2H3/b6-5+. The van der Waals surface area contributed by atoms with Gasteiger partial charge in [-0.3, -0.25) is 0 Å². The number of aryl methyl sites for hydroxylation is 1. The van der Waals surface area contributed by atoms with Crippen molar-refractivity contribution in [3.63, 3.8) is 0 Å². The average Bonchev–Trinajstić information content (AvgIpc) is 3.34. The van der Waals surface area contributed by atoms with Crippen LogP contribution in [-0.2, 0) is 14.8 Å². The molecule has 0 unspecified atom stereocenters. The minimum absolute atomic E-state index is 0.161. The number of allylic oxidation sites excluding steroid dienone is 1. The maximum absolute atomic E-state index is 12.8. The van der Waals surface area contributed by atoms with Gasteiger partial charge >= 0.3 is 0 Å². The number of methoxy groups -OCH3 is 1. The van der Waals surface area contributed by atoms with E-state index in [1.54, 1.807) is 19.2 Å². The van der Waals surface area contributed by atoms with Crippen LogP contribution in [0.25, 0.3) is 0 Å². The van der Waals surface area contributed by atoms with Gasteiger partial charge in [-0.1, -0.05) is 41.7 Å². The van der Waals surface area contributed by atoms with E-state index in [0.717, 1.165) is 5.56 Å². The molecule has 0 aliphatic heterocycles. The fourth-order valence-corrected chi connectivity index (χ4v) is 3.33. The summed E-state index contributed by atoms with van der Waals surface area (Å²) >= 11 is 0. The van der Waals surface area contributed by atoms with E-state index in [1.807, 2.05) is 25.1 Å². The first-order chi connectivity index (χ1) is 11.0. The first kappa shape index (κ1) is 17.7. The van der Waals surface area contributed by atoms with Gasteiger partial charge in [0.25, 0.3) is 0 Å². The molecule has 0 atom stereocenters. The van der Waals surface area contributed by atoms with Crippen molar-refractivity contribution < 1.29 is 13.2 Å². The van der Waals surface area contributed by atoms with Gasteiger partial charge in [0.05, 0.1) is 11.4 Å². The SMILES string of the molecule is COCC#CCN(C/C=C/C1CC1)S(=O)(=O)c1ccc(C)cc1. The molecule has 1 aromatic rings. The predicted octanol–water partition coefficient (Wildman–Crippen LogP) is 2.60. The van der Waals surface area contributed by atoms with Crippen molar-refractivity contribution in [2.24, 2.45) is 5.92 Å². The number of nitrogens with zero attached hydrogens (tertiary/aromatic N) is 1. The van der Waals surface area contributed by atoms with Gasteiger partial charge in [-0.2, -0.15) is 4.31 Å². The molecule has 0 N–H and O–H groups in total. The second kappa shape index (κ2) is 8.30. The Balaban J connectivity index is 2.15. The summed E-state index contributed by atoms with van der Waals surface area (Å²) in [6, 6.07) is 6.90. The molecule has 1 aliphatic rings. The van der Waals surface area contributed by atoms with Crippen molar-refractivity contribution >= 4 is 10.0 Å². The Morgan fingerprint density at radius 1 is 1.26 bits per heavy atom. The van der Waals surface area contributed by atoms with Crippen LogP contribution in [-0.4, -0.2) is 39.5 Å². The second-order valence-electron chi connectivity index (χ2n) is 5.66. The van der Waals surface area contributed by atoms with Gasteiger partial charge in [-0.15, -0.1) is 0 Å². The molecule has 1 fully saturated rings. The van der Waals surface area contributed by atoms with Gasteiger partial charge in [0.1, 0.15) is 6.61 Å². The number of hydrogen-bond acceptors (Lipinski definition) is 3. The summed E-state index contributed by atoms with van der Waals surface area (Å²) in [7, 11) is -1.98. The number of ether oxygens (including phenoxy) is 1. The lowest BCUT2D eigenvalue weighted by Gasteiger charge is -2.18. The summed E-state index contributed by atoms with van der Waals surface area (Å²) in [5, 5.41) is 0. The highest BCUT2D eigenvalue weighted by Crippen LogP contribution is 2.30. The van der Waals surface area contributed by atoms with Gasteiger partial charge in [-0.25, -0.2) is 8.42 Å². The van der Waals surface area contributed by atoms with Gasteiger partial charge in [-0.05, 0) is 37.8 Å². The van der Waals surface area contributed by atoms with Crippen LogP contribution < -0.4 is 0 Å². The first-order valence-electron chi connectivity index (χ1n) is 7.72. The van der Waals surface area contributed by atoms with Crippen LogP contribution in [0.15, 0.2) is 41.3 Å². The van der Waals surface area contributed by atoms with Crippen molar-refractivity contribution in [3.05, 3.63) is 42.0 Å². The Bertz CT molecular complexity index is 692. The lowest BCUT2D eigenvalue weighted by atomic mass is 10.2. The van der Waals surface area contributed by atoms with Crippen molar-refractivity contribution in [1.29, 1.82) is 0 Å². The number of benzene rings is 1. The van der Waals surface area contributed by atoms with E-state index in [0.29, 0.717) is 24.0 Å². The largest absolute Gasteiger partial charge is 0.372 e. The maximum Gasteiger partial charge on any atom is 0.244 e. The Kier molecular flexibility index (Phi) is 6.40. The molecule has 0 bridgehead atoms. The molecule has 0 spiro atoms. The summed E-state index contributed by atoms with van der Waals surface area (Å²) in [5.41, 5.74) is 1.03. The molecule has 0 saturated heterocycles. The topological polar surface area (TPSA) is 46.6 Å². The van der Waals surface area contributed by atoms with E-state index < -0.39 is 10.0 Å². The molecule has 5 heteroatoms. The summed E-state index contributed by atoms with van der Waals surface area (Å²) in [4.78, 5) is 0.302. The molecule has 0 aromatic heterocycles. The van der Waals surface area contributed by atoms with Crippen LogP contribution in [0, 0.1) is 24.7 Å². The number of rotatable bonds is 7. The fraction of sp³-hybridized carbons (Fsp3) is 0.444. The predicted molar refractivity (Wildman–Crippen MR) is 91.5 cm³/mol. The highest BCUT2D eigenvalue weighted by Gasteiger charge is 2.23. The first-order valence-corrected chi connectivity index (χ1v) is 9.16. The highest BCUT2D eigenvalue weighted by molar-refractivity contribution is 7.89. The Morgan fingerprint density at radius 3 is 2.57 bits per heavy atom. The lowest BCUT2D eigenvalue weighted by molar-refractivity contribution is 0.239. The van der Waals surface area contributed by atoms with Crippen LogP contribution >= 0.6 is 0 Å². The van der Waals surface area contributed by atoms with E-state index in [4.69, 9.17) is 4.74 Å². The Morgan fingerprint density at radius 2 is 1.96 bits per heavy atom. The van der Waals surface area contributed by atoms with Gasteiger partial charge in [0.15, 0.2) is 0 Å². The monoisotopic (exact) mass is 333 g/mol. The third kappa shape index (κ3) is 5.51. The minimum Gasteiger partial charge on any atom is -0.372 e. The van der Waals surface area contributed by atoms with Crippen LogP contribution in [0.3, 0.4) is 0 Å².